The molecule has 7 nitrogen and oxygen atoms in total. The summed E-state index contributed by atoms with van der Waals surface area (Å²) in [5.74, 6) is 0.521. The van der Waals surface area contributed by atoms with Crippen molar-refractivity contribution in [2.75, 3.05) is 13.7 Å². The fraction of sp³-hybridized carbons (Fsp3) is 0.190. The molecule has 2 aromatic carbocycles. The summed E-state index contributed by atoms with van der Waals surface area (Å²) < 4.78 is 5.14. The van der Waals surface area contributed by atoms with Gasteiger partial charge in [-0.15, -0.1) is 0 Å². The van der Waals surface area contributed by atoms with Crippen LogP contribution in [0.2, 0.25) is 0 Å². The zero-order valence-electron chi connectivity index (χ0n) is 15.3. The zero-order chi connectivity index (χ0) is 19.7. The Morgan fingerprint density at radius 3 is 2.75 bits per heavy atom. The van der Waals surface area contributed by atoms with Crippen molar-refractivity contribution < 1.29 is 14.6 Å². The molecule has 7 heteroatoms. The van der Waals surface area contributed by atoms with Crippen LogP contribution in [0.25, 0.3) is 11.4 Å². The number of aromatic hydroxyl groups is 1. The first-order valence-corrected chi connectivity index (χ1v) is 8.90. The minimum absolute atomic E-state index is 0.111. The van der Waals surface area contributed by atoms with Crippen LogP contribution in [-0.4, -0.2) is 39.5 Å². The molecule has 0 aliphatic carbocycles. The summed E-state index contributed by atoms with van der Waals surface area (Å²) in [7, 11) is 1.50. The normalized spacial score (nSPS) is 13.1. The summed E-state index contributed by atoms with van der Waals surface area (Å²) in [5, 5.41) is 10.1. The molecule has 1 aliphatic heterocycles. The van der Waals surface area contributed by atoms with Gasteiger partial charge in [0.15, 0.2) is 0 Å². The highest BCUT2D eigenvalue weighted by molar-refractivity contribution is 5.97. The van der Waals surface area contributed by atoms with E-state index in [0.717, 1.165) is 5.56 Å². The molecule has 2 heterocycles. The Labute approximate surface area is 161 Å². The maximum Gasteiger partial charge on any atom is 0.258 e. The number of phenolic OH excluding ortho intramolecular Hbond substituents is 1. The molecule has 1 aliphatic rings. The number of hydrogen-bond donors (Lipinski definition) is 2. The number of benzene rings is 2. The van der Waals surface area contributed by atoms with Crippen LogP contribution in [0.1, 0.15) is 21.6 Å². The number of rotatable bonds is 3. The first-order valence-electron chi connectivity index (χ1n) is 8.90. The van der Waals surface area contributed by atoms with Gasteiger partial charge in [-0.3, -0.25) is 9.59 Å². The monoisotopic (exact) mass is 377 g/mol. The van der Waals surface area contributed by atoms with E-state index in [1.165, 1.54) is 19.2 Å². The highest BCUT2D eigenvalue weighted by atomic mass is 16.5. The van der Waals surface area contributed by atoms with Crippen molar-refractivity contribution in [3.8, 4) is 22.9 Å². The molecule has 0 saturated carbocycles. The fourth-order valence-electron chi connectivity index (χ4n) is 3.33. The molecule has 142 valence electrons. The average Bonchev–Trinajstić information content (AvgIpc) is 2.74. The molecule has 1 aromatic heterocycles. The van der Waals surface area contributed by atoms with Crippen LogP contribution < -0.4 is 10.3 Å². The minimum Gasteiger partial charge on any atom is -0.507 e. The number of amides is 1. The van der Waals surface area contributed by atoms with E-state index in [1.54, 1.807) is 11.0 Å². The minimum atomic E-state index is -0.328. The van der Waals surface area contributed by atoms with Crippen molar-refractivity contribution in [1.29, 1.82) is 0 Å². The number of hydrogen-bond acceptors (Lipinski definition) is 5. The molecule has 0 atom stereocenters. The molecule has 0 fully saturated rings. The lowest BCUT2D eigenvalue weighted by molar-refractivity contribution is 0.0728. The molecule has 1 amide bonds. The molecular formula is C21H19N3O4. The third kappa shape index (κ3) is 3.22. The first kappa shape index (κ1) is 17.8. The first-order chi connectivity index (χ1) is 13.6. The van der Waals surface area contributed by atoms with Gasteiger partial charge in [-0.2, -0.15) is 0 Å². The van der Waals surface area contributed by atoms with Crippen LogP contribution >= 0.6 is 0 Å². The van der Waals surface area contributed by atoms with E-state index in [-0.39, 0.29) is 29.3 Å². The highest BCUT2D eigenvalue weighted by Crippen LogP contribution is 2.26. The average molecular weight is 377 g/mol. The molecule has 0 unspecified atom stereocenters. The van der Waals surface area contributed by atoms with E-state index >= 15 is 0 Å². The van der Waals surface area contributed by atoms with E-state index in [2.05, 4.69) is 9.97 Å². The van der Waals surface area contributed by atoms with Crippen molar-refractivity contribution in [3.05, 3.63) is 75.7 Å². The number of nitrogens with zero attached hydrogens (tertiary/aromatic N) is 2. The Morgan fingerprint density at radius 1 is 1.21 bits per heavy atom. The van der Waals surface area contributed by atoms with E-state index < -0.39 is 0 Å². The quantitative estimate of drug-likeness (QED) is 0.731. The van der Waals surface area contributed by atoms with E-state index in [4.69, 9.17) is 4.74 Å². The van der Waals surface area contributed by atoms with E-state index in [1.807, 2.05) is 30.3 Å². The lowest BCUT2D eigenvalue weighted by Crippen LogP contribution is -2.39. The van der Waals surface area contributed by atoms with Gasteiger partial charge >= 0.3 is 0 Å². The van der Waals surface area contributed by atoms with Gasteiger partial charge < -0.3 is 19.7 Å². The lowest BCUT2D eigenvalue weighted by atomic mass is 10.0. The van der Waals surface area contributed by atoms with E-state index in [0.29, 0.717) is 35.8 Å². The number of phenols is 1. The number of aromatic nitrogens is 2. The second-order valence-electron chi connectivity index (χ2n) is 6.57. The number of nitrogens with one attached hydrogen (secondary N) is 1. The number of ether oxygens (including phenoxy) is 1. The van der Waals surface area contributed by atoms with Gasteiger partial charge in [0.05, 0.1) is 24.9 Å². The fourth-order valence-corrected chi connectivity index (χ4v) is 3.33. The Balaban J connectivity index is 1.67. The number of carbonyl (C=O) groups is 1. The standard InChI is InChI=1S/C21H19N3O4/c1-28-14-7-8-18(25)16(11-14)21(27)24-10-9-15-17(12-24)22-19(23-20(15)26)13-5-3-2-4-6-13/h2-8,11,25H,9-10,12H2,1H3,(H,22,23,26). The molecule has 28 heavy (non-hydrogen) atoms. The van der Waals surface area contributed by atoms with Gasteiger partial charge in [0, 0.05) is 17.7 Å². The van der Waals surface area contributed by atoms with Crippen LogP contribution in [0, 0.1) is 0 Å². The molecule has 0 spiro atoms. The Bertz CT molecular complexity index is 1090. The summed E-state index contributed by atoms with van der Waals surface area (Å²) >= 11 is 0. The predicted molar refractivity (Wildman–Crippen MR) is 103 cm³/mol. The topological polar surface area (TPSA) is 95.5 Å². The van der Waals surface area contributed by atoms with Crippen LogP contribution in [0.5, 0.6) is 11.5 Å². The maximum absolute atomic E-state index is 12.9. The number of fused-ring (bicyclic) bond motifs is 1. The zero-order valence-corrected chi connectivity index (χ0v) is 15.3. The smallest absolute Gasteiger partial charge is 0.258 e. The maximum atomic E-state index is 12.9. The third-order valence-electron chi connectivity index (χ3n) is 4.84. The Hall–Kier alpha value is -3.61. The van der Waals surface area contributed by atoms with Gasteiger partial charge in [-0.25, -0.2) is 4.98 Å². The summed E-state index contributed by atoms with van der Waals surface area (Å²) in [6.45, 7) is 0.576. The van der Waals surface area contributed by atoms with Crippen molar-refractivity contribution in [2.24, 2.45) is 0 Å². The molecule has 4 rings (SSSR count). The SMILES string of the molecule is COc1ccc(O)c(C(=O)N2CCc3c(nc(-c4ccccc4)[nH]c3=O)C2)c1. The van der Waals surface area contributed by atoms with Crippen molar-refractivity contribution in [3.63, 3.8) is 0 Å². The lowest BCUT2D eigenvalue weighted by Gasteiger charge is -2.28. The largest absolute Gasteiger partial charge is 0.507 e. The van der Waals surface area contributed by atoms with Crippen LogP contribution in [0.4, 0.5) is 0 Å². The van der Waals surface area contributed by atoms with Crippen LogP contribution in [0.15, 0.2) is 53.3 Å². The Kier molecular flexibility index (Phi) is 4.57. The van der Waals surface area contributed by atoms with Gasteiger partial charge in [0.25, 0.3) is 11.5 Å². The summed E-state index contributed by atoms with van der Waals surface area (Å²) in [6, 6.07) is 13.9. The second-order valence-corrected chi connectivity index (χ2v) is 6.57. The molecular weight excluding hydrogens is 358 g/mol. The van der Waals surface area contributed by atoms with E-state index in [9.17, 15) is 14.7 Å². The summed E-state index contributed by atoms with van der Waals surface area (Å²) in [4.78, 5) is 34.4. The predicted octanol–water partition coefficient (Wildman–Crippen LogP) is 2.35. The van der Waals surface area contributed by atoms with Crippen LogP contribution in [-0.2, 0) is 13.0 Å². The highest BCUT2D eigenvalue weighted by Gasteiger charge is 2.27. The third-order valence-corrected chi connectivity index (χ3v) is 4.84. The summed E-state index contributed by atoms with van der Waals surface area (Å²) in [5.41, 5.74) is 1.95. The van der Waals surface area contributed by atoms with Gasteiger partial charge in [-0.1, -0.05) is 30.3 Å². The molecule has 3 aromatic rings. The number of carbonyl (C=O) groups excluding carboxylic acids is 1. The van der Waals surface area contributed by atoms with Gasteiger partial charge in [0.2, 0.25) is 0 Å². The van der Waals surface area contributed by atoms with Gasteiger partial charge in [0.1, 0.15) is 17.3 Å². The number of H-pyrrole nitrogens is 1. The molecule has 0 saturated heterocycles. The number of methoxy groups -OCH3 is 1. The second kappa shape index (κ2) is 7.19. The number of aromatic amines is 1. The summed E-state index contributed by atoms with van der Waals surface area (Å²) in [6.07, 6.45) is 0.406. The van der Waals surface area contributed by atoms with Crippen molar-refractivity contribution >= 4 is 5.91 Å². The van der Waals surface area contributed by atoms with Crippen LogP contribution in [0.3, 0.4) is 0 Å². The van der Waals surface area contributed by atoms with Crippen molar-refractivity contribution in [1.82, 2.24) is 14.9 Å². The molecule has 2 N–H and O–H groups in total. The van der Waals surface area contributed by atoms with Gasteiger partial charge in [-0.05, 0) is 24.6 Å². The Morgan fingerprint density at radius 2 is 2.00 bits per heavy atom. The van der Waals surface area contributed by atoms with Crippen molar-refractivity contribution in [2.45, 2.75) is 13.0 Å². The molecule has 0 radical (unpaired) electrons. The molecule has 0 bridgehead atoms.